The van der Waals surface area contributed by atoms with Crippen LogP contribution < -0.4 is 4.74 Å². The van der Waals surface area contributed by atoms with Crippen molar-refractivity contribution in [2.24, 2.45) is 0 Å². The molecule has 1 fully saturated rings. The molecular formula is C15H14FN3O3. The highest BCUT2D eigenvalue weighted by Gasteiger charge is 2.36. The number of hydrogen-bond donors (Lipinski definition) is 1. The molecule has 6 nitrogen and oxygen atoms in total. The fraction of sp³-hybridized carbons (Fsp3) is 0.267. The summed E-state index contributed by atoms with van der Waals surface area (Å²) in [5.74, 6) is -0.397. The van der Waals surface area contributed by atoms with Crippen LogP contribution in [0.15, 0.2) is 42.9 Å². The standard InChI is InChI=1S/C15H14FN3O3/c16-10-2-1-3-11(6-10)22-14-8-19(7-13(14)20)15(21)12-4-5-17-9-18-12/h1-6,9,13-14,20H,7-8H2/t13-,14-/m1/s1. The molecular weight excluding hydrogens is 289 g/mol. The van der Waals surface area contributed by atoms with Crippen molar-refractivity contribution >= 4 is 5.91 Å². The molecule has 2 heterocycles. The van der Waals surface area contributed by atoms with Gasteiger partial charge in [0.25, 0.3) is 5.91 Å². The van der Waals surface area contributed by atoms with Crippen LogP contribution in [-0.2, 0) is 0 Å². The first-order chi connectivity index (χ1) is 10.6. The Hall–Kier alpha value is -2.54. The van der Waals surface area contributed by atoms with Crippen LogP contribution in [0.25, 0.3) is 0 Å². The maximum Gasteiger partial charge on any atom is 0.272 e. The number of benzene rings is 1. The van der Waals surface area contributed by atoms with Gasteiger partial charge in [0, 0.05) is 12.3 Å². The fourth-order valence-electron chi connectivity index (χ4n) is 2.33. The van der Waals surface area contributed by atoms with E-state index in [4.69, 9.17) is 4.74 Å². The van der Waals surface area contributed by atoms with E-state index in [1.165, 1.54) is 41.7 Å². The van der Waals surface area contributed by atoms with Crippen molar-refractivity contribution in [3.63, 3.8) is 0 Å². The Morgan fingerprint density at radius 1 is 1.36 bits per heavy atom. The normalized spacial score (nSPS) is 20.9. The molecule has 22 heavy (non-hydrogen) atoms. The largest absolute Gasteiger partial charge is 0.486 e. The molecule has 1 saturated heterocycles. The molecule has 1 aromatic carbocycles. The highest BCUT2D eigenvalue weighted by atomic mass is 19.1. The van der Waals surface area contributed by atoms with E-state index in [9.17, 15) is 14.3 Å². The lowest BCUT2D eigenvalue weighted by atomic mass is 10.2. The maximum atomic E-state index is 13.1. The van der Waals surface area contributed by atoms with Crippen molar-refractivity contribution in [2.75, 3.05) is 13.1 Å². The molecule has 0 radical (unpaired) electrons. The number of ether oxygens (including phenoxy) is 1. The zero-order valence-electron chi connectivity index (χ0n) is 11.6. The van der Waals surface area contributed by atoms with Crippen LogP contribution in [0.5, 0.6) is 5.75 Å². The van der Waals surface area contributed by atoms with E-state index < -0.39 is 18.0 Å². The number of nitrogens with zero attached hydrogens (tertiary/aromatic N) is 3. The second kappa shape index (κ2) is 6.07. The van der Waals surface area contributed by atoms with Gasteiger partial charge >= 0.3 is 0 Å². The minimum Gasteiger partial charge on any atom is -0.486 e. The van der Waals surface area contributed by atoms with E-state index in [1.807, 2.05) is 0 Å². The van der Waals surface area contributed by atoms with Crippen molar-refractivity contribution in [3.8, 4) is 5.75 Å². The van der Waals surface area contributed by atoms with Crippen LogP contribution in [0.1, 0.15) is 10.5 Å². The number of aliphatic hydroxyl groups excluding tert-OH is 1. The first kappa shape index (κ1) is 14.4. The van der Waals surface area contributed by atoms with E-state index in [0.717, 1.165) is 0 Å². The van der Waals surface area contributed by atoms with Gasteiger partial charge in [-0.15, -0.1) is 0 Å². The van der Waals surface area contributed by atoms with Crippen LogP contribution in [-0.4, -0.2) is 51.2 Å². The monoisotopic (exact) mass is 303 g/mol. The third-order valence-corrected chi connectivity index (χ3v) is 3.41. The molecule has 1 aromatic heterocycles. The lowest BCUT2D eigenvalue weighted by molar-refractivity contribution is 0.0727. The lowest BCUT2D eigenvalue weighted by Crippen LogP contribution is -2.31. The molecule has 1 aliphatic heterocycles. The van der Waals surface area contributed by atoms with E-state index in [-0.39, 0.29) is 24.7 Å². The van der Waals surface area contributed by atoms with Crippen LogP contribution >= 0.6 is 0 Å². The molecule has 1 aliphatic rings. The average molecular weight is 303 g/mol. The molecule has 2 aromatic rings. The molecule has 2 atom stereocenters. The topological polar surface area (TPSA) is 75.6 Å². The third-order valence-electron chi connectivity index (χ3n) is 3.41. The Kier molecular flexibility index (Phi) is 3.97. The summed E-state index contributed by atoms with van der Waals surface area (Å²) in [4.78, 5) is 21.4. The second-order valence-corrected chi connectivity index (χ2v) is 4.99. The summed E-state index contributed by atoms with van der Waals surface area (Å²) in [6.07, 6.45) is 1.33. The molecule has 0 unspecified atom stereocenters. The first-order valence-electron chi connectivity index (χ1n) is 6.79. The van der Waals surface area contributed by atoms with E-state index in [1.54, 1.807) is 6.07 Å². The number of likely N-dealkylation sites (tertiary alicyclic amines) is 1. The third kappa shape index (κ3) is 3.04. The van der Waals surface area contributed by atoms with Gasteiger partial charge < -0.3 is 14.7 Å². The van der Waals surface area contributed by atoms with Crippen molar-refractivity contribution in [1.29, 1.82) is 0 Å². The van der Waals surface area contributed by atoms with Crippen molar-refractivity contribution in [1.82, 2.24) is 14.9 Å². The summed E-state index contributed by atoms with van der Waals surface area (Å²) in [7, 11) is 0. The number of aromatic nitrogens is 2. The molecule has 0 spiro atoms. The van der Waals surface area contributed by atoms with Crippen molar-refractivity contribution < 1.29 is 19.0 Å². The summed E-state index contributed by atoms with van der Waals surface area (Å²) in [6, 6.07) is 7.18. The summed E-state index contributed by atoms with van der Waals surface area (Å²) >= 11 is 0. The van der Waals surface area contributed by atoms with E-state index in [2.05, 4.69) is 9.97 Å². The average Bonchev–Trinajstić information content (AvgIpc) is 2.88. The molecule has 1 N–H and O–H groups in total. The van der Waals surface area contributed by atoms with Gasteiger partial charge in [0.2, 0.25) is 0 Å². The Morgan fingerprint density at radius 3 is 2.95 bits per heavy atom. The second-order valence-electron chi connectivity index (χ2n) is 4.99. The summed E-state index contributed by atoms with van der Waals surface area (Å²) in [6.45, 7) is 0.351. The van der Waals surface area contributed by atoms with Gasteiger partial charge in [0.05, 0.1) is 13.1 Å². The number of carbonyl (C=O) groups is 1. The van der Waals surface area contributed by atoms with Crippen LogP contribution in [0.4, 0.5) is 4.39 Å². The van der Waals surface area contributed by atoms with E-state index >= 15 is 0 Å². The number of rotatable bonds is 3. The zero-order chi connectivity index (χ0) is 15.5. The number of hydrogen-bond acceptors (Lipinski definition) is 5. The van der Waals surface area contributed by atoms with Crippen LogP contribution in [0.2, 0.25) is 0 Å². The zero-order valence-corrected chi connectivity index (χ0v) is 11.6. The summed E-state index contributed by atoms with van der Waals surface area (Å²) < 4.78 is 18.7. The number of β-amino-alcohol motifs (C(OH)–C–C–N with tert-alkyl or cyclic N) is 1. The van der Waals surface area contributed by atoms with Crippen LogP contribution in [0, 0.1) is 5.82 Å². The molecule has 1 amide bonds. The molecule has 3 rings (SSSR count). The molecule has 0 bridgehead atoms. The highest BCUT2D eigenvalue weighted by Crippen LogP contribution is 2.20. The smallest absolute Gasteiger partial charge is 0.272 e. The Labute approximate surface area is 126 Å². The predicted molar refractivity (Wildman–Crippen MR) is 74.8 cm³/mol. The SMILES string of the molecule is O=C(c1ccncn1)N1C[C@@H](O)[C@H](Oc2cccc(F)c2)C1. The number of aliphatic hydroxyl groups is 1. The lowest BCUT2D eigenvalue weighted by Gasteiger charge is -2.17. The summed E-state index contributed by atoms with van der Waals surface area (Å²) in [5.41, 5.74) is 0.258. The Morgan fingerprint density at radius 2 is 2.23 bits per heavy atom. The van der Waals surface area contributed by atoms with Gasteiger partial charge in [-0.2, -0.15) is 0 Å². The first-order valence-corrected chi connectivity index (χ1v) is 6.79. The minimum atomic E-state index is -0.839. The molecule has 114 valence electrons. The van der Waals surface area contributed by atoms with Crippen LogP contribution in [0.3, 0.4) is 0 Å². The summed E-state index contributed by atoms with van der Waals surface area (Å²) in [5, 5.41) is 10.0. The van der Waals surface area contributed by atoms with Gasteiger partial charge in [-0.3, -0.25) is 4.79 Å². The number of halogens is 1. The molecule has 7 heteroatoms. The minimum absolute atomic E-state index is 0.142. The number of amides is 1. The Balaban J connectivity index is 1.68. The molecule has 0 saturated carbocycles. The van der Waals surface area contributed by atoms with Gasteiger partial charge in [0.1, 0.15) is 35.8 Å². The number of carbonyl (C=O) groups excluding carboxylic acids is 1. The van der Waals surface area contributed by atoms with Gasteiger partial charge in [0.15, 0.2) is 0 Å². The Bertz CT molecular complexity index is 668. The van der Waals surface area contributed by atoms with Gasteiger partial charge in [-0.05, 0) is 18.2 Å². The van der Waals surface area contributed by atoms with Crippen molar-refractivity contribution in [3.05, 3.63) is 54.4 Å². The molecule has 0 aliphatic carbocycles. The van der Waals surface area contributed by atoms with E-state index in [0.29, 0.717) is 5.75 Å². The maximum absolute atomic E-state index is 13.1. The quantitative estimate of drug-likeness (QED) is 0.911. The highest BCUT2D eigenvalue weighted by molar-refractivity contribution is 5.92. The van der Waals surface area contributed by atoms with Crippen molar-refractivity contribution in [2.45, 2.75) is 12.2 Å². The van der Waals surface area contributed by atoms with Gasteiger partial charge in [-0.25, -0.2) is 14.4 Å². The predicted octanol–water partition coefficient (Wildman–Crippen LogP) is 0.880. The van der Waals surface area contributed by atoms with Gasteiger partial charge in [-0.1, -0.05) is 6.07 Å². The fourth-order valence-corrected chi connectivity index (χ4v) is 2.33.